The molecule has 7 heteroatoms. The van der Waals surface area contributed by atoms with Crippen LogP contribution in [-0.2, 0) is 9.53 Å². The molecule has 0 aromatic heterocycles. The minimum Gasteiger partial charge on any atom is -0.506 e. The van der Waals surface area contributed by atoms with E-state index >= 15 is 0 Å². The van der Waals surface area contributed by atoms with Gasteiger partial charge in [0, 0.05) is 6.04 Å². The molecule has 1 aromatic carbocycles. The SMILES string of the molecule is CC1(C(=O)Nc2cc(C(=O)O)ccc2O)COCC1N. The van der Waals surface area contributed by atoms with Gasteiger partial charge in [-0.3, -0.25) is 4.79 Å². The lowest BCUT2D eigenvalue weighted by Gasteiger charge is -2.25. The molecule has 0 aliphatic carbocycles. The first kappa shape index (κ1) is 14.3. The molecule has 0 saturated carbocycles. The molecule has 1 aromatic rings. The molecule has 0 bridgehead atoms. The number of hydrogen-bond donors (Lipinski definition) is 4. The fourth-order valence-corrected chi connectivity index (χ4v) is 1.96. The Labute approximate surface area is 115 Å². The molecule has 1 aliphatic heterocycles. The Morgan fingerprint density at radius 1 is 1.50 bits per heavy atom. The number of carbonyl (C=O) groups is 2. The zero-order valence-electron chi connectivity index (χ0n) is 10.9. The number of ether oxygens (including phenoxy) is 1. The summed E-state index contributed by atoms with van der Waals surface area (Å²) in [6.07, 6.45) is 0. The van der Waals surface area contributed by atoms with Gasteiger partial charge >= 0.3 is 5.97 Å². The molecule has 1 saturated heterocycles. The topological polar surface area (TPSA) is 122 Å². The quantitative estimate of drug-likeness (QED) is 0.594. The van der Waals surface area contributed by atoms with Crippen LogP contribution in [0.4, 0.5) is 5.69 Å². The van der Waals surface area contributed by atoms with Crippen LogP contribution in [0.15, 0.2) is 18.2 Å². The van der Waals surface area contributed by atoms with Crippen LogP contribution >= 0.6 is 0 Å². The molecule has 1 heterocycles. The fourth-order valence-electron chi connectivity index (χ4n) is 1.96. The molecule has 0 radical (unpaired) electrons. The smallest absolute Gasteiger partial charge is 0.335 e. The Morgan fingerprint density at radius 3 is 2.75 bits per heavy atom. The number of amides is 1. The normalized spacial score (nSPS) is 25.4. The molecule has 7 nitrogen and oxygen atoms in total. The monoisotopic (exact) mass is 280 g/mol. The summed E-state index contributed by atoms with van der Waals surface area (Å²) in [7, 11) is 0. The Morgan fingerprint density at radius 2 is 2.20 bits per heavy atom. The zero-order chi connectivity index (χ0) is 14.9. The summed E-state index contributed by atoms with van der Waals surface area (Å²) in [5.41, 5.74) is 4.94. The molecule has 1 amide bonds. The number of hydrogen-bond acceptors (Lipinski definition) is 5. The van der Waals surface area contributed by atoms with Crippen LogP contribution in [0.5, 0.6) is 5.75 Å². The van der Waals surface area contributed by atoms with Gasteiger partial charge in [0.05, 0.1) is 29.9 Å². The van der Waals surface area contributed by atoms with E-state index in [0.29, 0.717) is 0 Å². The van der Waals surface area contributed by atoms with Gasteiger partial charge in [0.15, 0.2) is 0 Å². The number of aromatic carboxylic acids is 1. The number of carbonyl (C=O) groups excluding carboxylic acids is 1. The second kappa shape index (κ2) is 5.10. The highest BCUT2D eigenvalue weighted by atomic mass is 16.5. The number of anilines is 1. The zero-order valence-corrected chi connectivity index (χ0v) is 10.9. The van der Waals surface area contributed by atoms with Crippen molar-refractivity contribution in [1.29, 1.82) is 0 Å². The van der Waals surface area contributed by atoms with Crippen LogP contribution in [0.3, 0.4) is 0 Å². The predicted molar refractivity (Wildman–Crippen MR) is 70.6 cm³/mol. The van der Waals surface area contributed by atoms with Crippen LogP contribution in [0.1, 0.15) is 17.3 Å². The molecule has 2 unspecified atom stereocenters. The first-order chi connectivity index (χ1) is 9.34. The van der Waals surface area contributed by atoms with Crippen molar-refractivity contribution < 1.29 is 24.5 Å². The number of nitrogens with two attached hydrogens (primary N) is 1. The van der Waals surface area contributed by atoms with Crippen molar-refractivity contribution in [2.45, 2.75) is 13.0 Å². The summed E-state index contributed by atoms with van der Waals surface area (Å²) in [5, 5.41) is 21.1. The van der Waals surface area contributed by atoms with Crippen molar-refractivity contribution in [1.82, 2.24) is 0 Å². The van der Waals surface area contributed by atoms with Gasteiger partial charge in [-0.05, 0) is 25.1 Å². The highest BCUT2D eigenvalue weighted by Crippen LogP contribution is 2.31. The van der Waals surface area contributed by atoms with E-state index in [2.05, 4.69) is 5.32 Å². The van der Waals surface area contributed by atoms with Gasteiger partial charge in [-0.25, -0.2) is 4.79 Å². The molecule has 20 heavy (non-hydrogen) atoms. The lowest BCUT2D eigenvalue weighted by atomic mass is 9.85. The number of benzene rings is 1. The number of carboxylic acid groups (broad SMARTS) is 1. The lowest BCUT2D eigenvalue weighted by Crippen LogP contribution is -2.47. The third-order valence-corrected chi connectivity index (χ3v) is 3.53. The van der Waals surface area contributed by atoms with Gasteiger partial charge in [-0.15, -0.1) is 0 Å². The van der Waals surface area contributed by atoms with E-state index in [1.54, 1.807) is 6.92 Å². The maximum atomic E-state index is 12.3. The van der Waals surface area contributed by atoms with E-state index in [-0.39, 0.29) is 30.2 Å². The Bertz CT molecular complexity index is 560. The van der Waals surface area contributed by atoms with Gasteiger partial charge < -0.3 is 26.0 Å². The Hall–Kier alpha value is -2.12. The van der Waals surface area contributed by atoms with Crippen molar-refractivity contribution in [3.63, 3.8) is 0 Å². The fraction of sp³-hybridized carbons (Fsp3) is 0.385. The van der Waals surface area contributed by atoms with Crippen LogP contribution in [0, 0.1) is 5.41 Å². The highest BCUT2D eigenvalue weighted by Gasteiger charge is 2.44. The van der Waals surface area contributed by atoms with Gasteiger partial charge in [0.1, 0.15) is 5.75 Å². The first-order valence-corrected chi connectivity index (χ1v) is 6.05. The molecule has 2 rings (SSSR count). The van der Waals surface area contributed by atoms with E-state index < -0.39 is 23.3 Å². The molecule has 0 spiro atoms. The molecular weight excluding hydrogens is 264 g/mol. The van der Waals surface area contributed by atoms with Gasteiger partial charge in [0.2, 0.25) is 5.91 Å². The first-order valence-electron chi connectivity index (χ1n) is 6.05. The van der Waals surface area contributed by atoms with Crippen LogP contribution in [0.2, 0.25) is 0 Å². The summed E-state index contributed by atoms with van der Waals surface area (Å²) < 4.78 is 5.18. The molecule has 108 valence electrons. The predicted octanol–water partition coefficient (Wildman–Crippen LogP) is 0.393. The maximum absolute atomic E-state index is 12.3. The summed E-state index contributed by atoms with van der Waals surface area (Å²) in [4.78, 5) is 23.1. The number of aromatic hydroxyl groups is 1. The van der Waals surface area contributed by atoms with E-state index in [9.17, 15) is 14.7 Å². The average molecular weight is 280 g/mol. The second-order valence-corrected chi connectivity index (χ2v) is 5.03. The number of carboxylic acids is 1. The standard InChI is InChI=1S/C13H16N2O5/c1-13(6-20-5-10(13)14)12(19)15-8-4-7(11(17)18)2-3-9(8)16/h2-4,10,16H,5-6,14H2,1H3,(H,15,19)(H,17,18). The minimum absolute atomic E-state index is 0.0322. The van der Waals surface area contributed by atoms with Crippen LogP contribution < -0.4 is 11.1 Å². The molecule has 1 fully saturated rings. The summed E-state index contributed by atoms with van der Waals surface area (Å²) >= 11 is 0. The third-order valence-electron chi connectivity index (χ3n) is 3.53. The average Bonchev–Trinajstić information content (AvgIpc) is 2.73. The van der Waals surface area contributed by atoms with Crippen LogP contribution in [0.25, 0.3) is 0 Å². The van der Waals surface area contributed by atoms with Crippen molar-refractivity contribution in [3.8, 4) is 5.75 Å². The second-order valence-electron chi connectivity index (χ2n) is 5.03. The number of phenolic OH excluding ortho intramolecular Hbond substituents is 1. The van der Waals surface area contributed by atoms with Crippen molar-refractivity contribution >= 4 is 17.6 Å². The van der Waals surface area contributed by atoms with E-state index in [4.69, 9.17) is 15.6 Å². The Kier molecular flexibility index (Phi) is 3.65. The van der Waals surface area contributed by atoms with E-state index in [1.807, 2.05) is 0 Å². The summed E-state index contributed by atoms with van der Waals surface area (Å²) in [6.45, 7) is 2.13. The van der Waals surface area contributed by atoms with E-state index in [1.165, 1.54) is 18.2 Å². The number of nitrogens with one attached hydrogen (secondary N) is 1. The molecular formula is C13H16N2O5. The number of phenols is 1. The van der Waals surface area contributed by atoms with E-state index in [0.717, 1.165) is 0 Å². The van der Waals surface area contributed by atoms with Gasteiger partial charge in [0.25, 0.3) is 0 Å². The maximum Gasteiger partial charge on any atom is 0.335 e. The molecule has 1 aliphatic rings. The lowest BCUT2D eigenvalue weighted by molar-refractivity contribution is -0.125. The highest BCUT2D eigenvalue weighted by molar-refractivity contribution is 5.98. The van der Waals surface area contributed by atoms with Crippen molar-refractivity contribution in [2.24, 2.45) is 11.1 Å². The Balaban J connectivity index is 2.23. The van der Waals surface area contributed by atoms with Crippen molar-refractivity contribution in [2.75, 3.05) is 18.5 Å². The number of rotatable bonds is 3. The van der Waals surface area contributed by atoms with Crippen molar-refractivity contribution in [3.05, 3.63) is 23.8 Å². The third kappa shape index (κ3) is 2.45. The summed E-state index contributed by atoms with van der Waals surface area (Å²) in [6, 6.07) is 3.21. The van der Waals surface area contributed by atoms with Crippen LogP contribution in [-0.4, -0.2) is 41.3 Å². The summed E-state index contributed by atoms with van der Waals surface area (Å²) in [5.74, 6) is -1.77. The minimum atomic E-state index is -1.15. The largest absolute Gasteiger partial charge is 0.506 e. The van der Waals surface area contributed by atoms with Gasteiger partial charge in [-0.1, -0.05) is 0 Å². The van der Waals surface area contributed by atoms with Gasteiger partial charge in [-0.2, -0.15) is 0 Å². The molecule has 2 atom stereocenters. The molecule has 5 N–H and O–H groups in total.